The van der Waals surface area contributed by atoms with Crippen LogP contribution in [-0.4, -0.2) is 67.9 Å². The number of carbonyl (C=O) groups excluding carboxylic acids is 2. The number of fused-ring (bicyclic) bond motifs is 1. The van der Waals surface area contributed by atoms with E-state index in [2.05, 4.69) is 41.1 Å². The van der Waals surface area contributed by atoms with Gasteiger partial charge in [-0.25, -0.2) is 23.9 Å². The summed E-state index contributed by atoms with van der Waals surface area (Å²) in [5.41, 5.74) is 7.23. The number of halogens is 5. The van der Waals surface area contributed by atoms with Crippen LogP contribution in [0, 0.1) is 0 Å². The second-order valence-corrected chi connectivity index (χ2v) is 10.2. The molecule has 0 unspecified atom stereocenters. The molecule has 2 aromatic heterocycles. The number of carbonyl (C=O) groups is 2. The molecule has 2 aliphatic rings. The number of nitrogens with zero attached hydrogens (tertiary/aromatic N) is 5. The number of likely N-dealkylation sites (tertiary alicyclic amines) is 1. The maximum absolute atomic E-state index is 14.7. The van der Waals surface area contributed by atoms with Gasteiger partial charge in [0.05, 0.1) is 16.2 Å². The van der Waals surface area contributed by atoms with E-state index >= 15 is 0 Å². The highest BCUT2D eigenvalue weighted by Crippen LogP contribution is 2.38. The SMILES string of the molecule is CC(=O)c1nn([C@@]2(N3C[C@H](F)C[C@H]3C(N)=O)C=CC=C(Br)N2)c2ccc(-c3cnc(OCC(F)(F)F)nc3)cc12. The van der Waals surface area contributed by atoms with Crippen LogP contribution in [0.25, 0.3) is 22.0 Å². The highest BCUT2D eigenvalue weighted by Gasteiger charge is 2.50. The fraction of sp³-hybridized carbons (Fsp3) is 0.320. The van der Waals surface area contributed by atoms with Gasteiger partial charge in [-0.2, -0.15) is 18.3 Å². The van der Waals surface area contributed by atoms with Gasteiger partial charge < -0.3 is 15.8 Å². The highest BCUT2D eigenvalue weighted by atomic mass is 79.9. The van der Waals surface area contributed by atoms with Crippen LogP contribution in [0.3, 0.4) is 0 Å². The van der Waals surface area contributed by atoms with Crippen molar-refractivity contribution in [1.29, 1.82) is 0 Å². The average Bonchev–Trinajstić information content (AvgIpc) is 3.49. The molecule has 3 aromatic rings. The molecule has 1 saturated heterocycles. The van der Waals surface area contributed by atoms with Crippen LogP contribution in [-0.2, 0) is 10.6 Å². The molecule has 10 nitrogen and oxygen atoms in total. The Bertz CT molecular complexity index is 1540. The first kappa shape index (κ1) is 27.7. The van der Waals surface area contributed by atoms with Gasteiger partial charge in [0.25, 0.3) is 0 Å². The number of ketones is 1. The minimum Gasteiger partial charge on any atom is -0.454 e. The van der Waals surface area contributed by atoms with Crippen LogP contribution in [0.5, 0.6) is 6.01 Å². The zero-order valence-corrected chi connectivity index (χ0v) is 22.4. The minimum absolute atomic E-state index is 0.0977. The molecule has 0 radical (unpaired) electrons. The number of rotatable bonds is 7. The number of primary amides is 1. The first-order valence-electron chi connectivity index (χ1n) is 12.0. The van der Waals surface area contributed by atoms with Crippen molar-refractivity contribution < 1.29 is 31.9 Å². The molecule has 2 aliphatic heterocycles. The zero-order chi connectivity index (χ0) is 28.8. The van der Waals surface area contributed by atoms with Gasteiger partial charge in [0.15, 0.2) is 12.4 Å². The predicted octanol–water partition coefficient (Wildman–Crippen LogP) is 3.54. The topological polar surface area (TPSA) is 128 Å². The molecule has 0 spiro atoms. The lowest BCUT2D eigenvalue weighted by atomic mass is 10.0. The third kappa shape index (κ3) is 5.18. The van der Waals surface area contributed by atoms with E-state index in [0.29, 0.717) is 26.6 Å². The maximum atomic E-state index is 14.7. The number of Topliss-reactive ketones (excluding diaryl/α,β-unsaturated/α-hetero) is 1. The monoisotopic (exact) mass is 623 g/mol. The number of hydrogen-bond acceptors (Lipinski definition) is 8. The van der Waals surface area contributed by atoms with E-state index < -0.39 is 42.7 Å². The van der Waals surface area contributed by atoms with E-state index in [4.69, 9.17) is 5.73 Å². The zero-order valence-electron chi connectivity index (χ0n) is 20.8. The lowest BCUT2D eigenvalue weighted by Gasteiger charge is -2.44. The lowest BCUT2D eigenvalue weighted by Crippen LogP contribution is -2.62. The number of benzene rings is 1. The Morgan fingerprint density at radius 1 is 1.25 bits per heavy atom. The van der Waals surface area contributed by atoms with Gasteiger partial charge >= 0.3 is 12.2 Å². The van der Waals surface area contributed by atoms with Crippen molar-refractivity contribution in [2.45, 2.75) is 37.5 Å². The number of hydrogen-bond donors (Lipinski definition) is 2. The van der Waals surface area contributed by atoms with E-state index in [1.54, 1.807) is 41.3 Å². The largest absolute Gasteiger partial charge is 0.454 e. The fourth-order valence-electron chi connectivity index (χ4n) is 4.87. The van der Waals surface area contributed by atoms with Gasteiger partial charge in [-0.15, -0.1) is 0 Å². The molecule has 40 heavy (non-hydrogen) atoms. The van der Waals surface area contributed by atoms with Crippen LogP contribution in [0.15, 0.2) is 53.4 Å². The standard InChI is InChI=1S/C25H22BrF4N7O3/c1-13(38)21-17-7-14(15-9-32-23(33-10-15)40-12-24(28,29)30)4-5-18(17)37(35-21)25(6-2-3-20(26)34-25)36-11-16(27)8-19(36)22(31)39/h2-7,9-10,16,19,34H,8,11-12H2,1H3,(H2,31,39)/t16-,19+,25+/m1/s1. The number of dihydropyridines is 1. The van der Waals surface area contributed by atoms with Crippen molar-refractivity contribution in [2.75, 3.05) is 13.2 Å². The summed E-state index contributed by atoms with van der Waals surface area (Å²) < 4.78 is 58.5. The van der Waals surface area contributed by atoms with Crippen molar-refractivity contribution in [1.82, 2.24) is 30.0 Å². The van der Waals surface area contributed by atoms with E-state index in [1.165, 1.54) is 24.0 Å². The van der Waals surface area contributed by atoms with Gasteiger partial charge in [0.1, 0.15) is 11.9 Å². The average molecular weight is 624 g/mol. The van der Waals surface area contributed by atoms with Crippen LogP contribution < -0.4 is 15.8 Å². The first-order valence-corrected chi connectivity index (χ1v) is 12.8. The Labute approximate surface area is 233 Å². The Morgan fingerprint density at radius 2 is 1.98 bits per heavy atom. The van der Waals surface area contributed by atoms with Crippen LogP contribution in [0.2, 0.25) is 0 Å². The predicted molar refractivity (Wildman–Crippen MR) is 139 cm³/mol. The molecule has 0 aliphatic carbocycles. The van der Waals surface area contributed by atoms with E-state index in [0.717, 1.165) is 0 Å². The molecule has 0 bridgehead atoms. The molecule has 5 rings (SSSR count). The van der Waals surface area contributed by atoms with Gasteiger partial charge in [-0.05, 0) is 45.8 Å². The van der Waals surface area contributed by atoms with Crippen molar-refractivity contribution in [3.63, 3.8) is 0 Å². The van der Waals surface area contributed by atoms with Gasteiger partial charge in [-0.1, -0.05) is 12.1 Å². The second kappa shape index (κ2) is 10.3. The molecule has 0 saturated carbocycles. The summed E-state index contributed by atoms with van der Waals surface area (Å²) in [4.78, 5) is 34.3. The first-order chi connectivity index (χ1) is 18.9. The fourth-order valence-corrected chi connectivity index (χ4v) is 5.32. The Hall–Kier alpha value is -3.85. The van der Waals surface area contributed by atoms with Crippen molar-refractivity contribution >= 4 is 38.5 Å². The van der Waals surface area contributed by atoms with Crippen molar-refractivity contribution in [2.24, 2.45) is 5.73 Å². The number of allylic oxidation sites excluding steroid dienone is 2. The number of nitrogens with two attached hydrogens (primary N) is 1. The molecule has 210 valence electrons. The van der Waals surface area contributed by atoms with E-state index in [-0.39, 0.29) is 24.4 Å². The summed E-state index contributed by atoms with van der Waals surface area (Å²) in [7, 11) is 0. The highest BCUT2D eigenvalue weighted by molar-refractivity contribution is 9.11. The maximum Gasteiger partial charge on any atom is 0.422 e. The summed E-state index contributed by atoms with van der Waals surface area (Å²) in [5.74, 6) is -2.45. The van der Waals surface area contributed by atoms with Gasteiger partial charge in [0.2, 0.25) is 11.7 Å². The van der Waals surface area contributed by atoms with Crippen LogP contribution in [0.4, 0.5) is 17.6 Å². The molecular formula is C25H22BrF4N7O3. The quantitative estimate of drug-likeness (QED) is 0.232. The normalized spacial score (nSPS) is 23.2. The second-order valence-electron chi connectivity index (χ2n) is 9.34. The molecular weight excluding hydrogens is 602 g/mol. The Morgan fingerprint density at radius 3 is 2.60 bits per heavy atom. The minimum atomic E-state index is -4.53. The summed E-state index contributed by atoms with van der Waals surface area (Å²) in [6, 6.07) is 3.65. The summed E-state index contributed by atoms with van der Waals surface area (Å²) >= 11 is 3.42. The van der Waals surface area contributed by atoms with E-state index in [1.807, 2.05) is 0 Å². The third-order valence-electron chi connectivity index (χ3n) is 6.55. The smallest absolute Gasteiger partial charge is 0.422 e. The number of aromatic nitrogens is 4. The molecule has 1 fully saturated rings. The molecule has 4 heterocycles. The van der Waals surface area contributed by atoms with Crippen molar-refractivity contribution in [3.8, 4) is 17.1 Å². The third-order valence-corrected chi connectivity index (χ3v) is 7.02. The summed E-state index contributed by atoms with van der Waals surface area (Å²) in [6.45, 7) is -0.299. The number of amides is 1. The summed E-state index contributed by atoms with van der Waals surface area (Å²) in [5, 5.41) is 8.28. The van der Waals surface area contributed by atoms with Crippen molar-refractivity contribution in [3.05, 3.63) is 59.1 Å². The molecule has 3 atom stereocenters. The number of nitrogens with one attached hydrogen (secondary N) is 1. The Balaban J connectivity index is 1.60. The lowest BCUT2D eigenvalue weighted by molar-refractivity contribution is -0.154. The van der Waals surface area contributed by atoms with Crippen LogP contribution in [0.1, 0.15) is 23.8 Å². The number of ether oxygens (including phenoxy) is 1. The molecule has 1 aromatic carbocycles. The molecule has 1 amide bonds. The number of alkyl halides is 4. The Kier molecular flexibility index (Phi) is 7.12. The van der Waals surface area contributed by atoms with Gasteiger partial charge in [0, 0.05) is 43.2 Å². The molecule has 3 N–H and O–H groups in total. The summed E-state index contributed by atoms with van der Waals surface area (Å²) in [6.07, 6.45) is 1.78. The van der Waals surface area contributed by atoms with Gasteiger partial charge in [-0.3, -0.25) is 9.59 Å². The molecule has 15 heteroatoms. The van der Waals surface area contributed by atoms with Crippen LogP contribution >= 0.6 is 15.9 Å². The van der Waals surface area contributed by atoms with E-state index in [9.17, 15) is 27.2 Å².